The molecular formula is C23H27N5O3S. The number of nitrogens with one attached hydrogen (secondary N) is 1. The summed E-state index contributed by atoms with van der Waals surface area (Å²) in [6, 6.07) is 11.9. The van der Waals surface area contributed by atoms with Crippen molar-refractivity contribution >= 4 is 27.0 Å². The minimum atomic E-state index is -3.50. The third-order valence-corrected chi connectivity index (χ3v) is 7.73. The van der Waals surface area contributed by atoms with E-state index < -0.39 is 10.0 Å². The summed E-state index contributed by atoms with van der Waals surface area (Å²) < 4.78 is 27.2. The molecule has 0 atom stereocenters. The van der Waals surface area contributed by atoms with Crippen molar-refractivity contribution in [2.75, 3.05) is 33.2 Å². The molecule has 2 heterocycles. The number of hydrogen-bond donors (Lipinski definition) is 1. The van der Waals surface area contributed by atoms with E-state index in [1.54, 1.807) is 42.5 Å². The van der Waals surface area contributed by atoms with Gasteiger partial charge in [0.05, 0.1) is 27.3 Å². The first-order valence-electron chi connectivity index (χ1n) is 10.5. The van der Waals surface area contributed by atoms with Crippen LogP contribution in [0.2, 0.25) is 0 Å². The van der Waals surface area contributed by atoms with Gasteiger partial charge in [0.1, 0.15) is 0 Å². The summed E-state index contributed by atoms with van der Waals surface area (Å²) in [6.07, 6.45) is 0. The lowest BCUT2D eigenvalue weighted by atomic mass is 10.1. The molecule has 3 aromatic rings. The third-order valence-electron chi connectivity index (χ3n) is 5.81. The standard InChI is InChI=1S/C23H27N5O3S/c1-16-17(2)26-22-14-19(6-9-21(22)25-16)23(29)24-15-18-4-7-20(8-5-18)32(30,31)28-12-10-27(3)11-13-28/h4-9,14H,10-13,15H2,1-3H3,(H,24,29). The van der Waals surface area contributed by atoms with Crippen LogP contribution in [0.3, 0.4) is 0 Å². The first-order valence-corrected chi connectivity index (χ1v) is 12.0. The van der Waals surface area contributed by atoms with Crippen LogP contribution in [0.15, 0.2) is 47.4 Å². The fraction of sp³-hybridized carbons (Fsp3) is 0.348. The van der Waals surface area contributed by atoms with Gasteiger partial charge in [0.15, 0.2) is 0 Å². The molecule has 4 rings (SSSR count). The van der Waals surface area contributed by atoms with Crippen molar-refractivity contribution in [2.24, 2.45) is 0 Å². The van der Waals surface area contributed by atoms with Crippen molar-refractivity contribution in [1.82, 2.24) is 24.5 Å². The largest absolute Gasteiger partial charge is 0.348 e. The number of amides is 1. The molecule has 0 unspecified atom stereocenters. The SMILES string of the molecule is Cc1nc2ccc(C(=O)NCc3ccc(S(=O)(=O)N4CCN(C)CC4)cc3)cc2nc1C. The summed E-state index contributed by atoms with van der Waals surface area (Å²) in [5.74, 6) is -0.221. The van der Waals surface area contributed by atoms with Gasteiger partial charge in [-0.3, -0.25) is 4.79 Å². The zero-order chi connectivity index (χ0) is 22.9. The molecule has 1 aromatic heterocycles. The van der Waals surface area contributed by atoms with Crippen LogP contribution in [0.25, 0.3) is 11.0 Å². The zero-order valence-corrected chi connectivity index (χ0v) is 19.3. The lowest BCUT2D eigenvalue weighted by molar-refractivity contribution is 0.0951. The lowest BCUT2D eigenvalue weighted by Crippen LogP contribution is -2.47. The quantitative estimate of drug-likeness (QED) is 0.636. The fourth-order valence-corrected chi connectivity index (χ4v) is 5.04. The second kappa shape index (κ2) is 8.93. The summed E-state index contributed by atoms with van der Waals surface area (Å²) in [6.45, 7) is 6.53. The Labute approximate surface area is 188 Å². The van der Waals surface area contributed by atoms with Gasteiger partial charge in [-0.05, 0) is 56.8 Å². The molecular weight excluding hydrogens is 426 g/mol. The minimum Gasteiger partial charge on any atom is -0.348 e. The van der Waals surface area contributed by atoms with Crippen molar-refractivity contribution in [1.29, 1.82) is 0 Å². The molecule has 168 valence electrons. The number of hydrogen-bond acceptors (Lipinski definition) is 6. The Morgan fingerprint density at radius 3 is 2.22 bits per heavy atom. The number of likely N-dealkylation sites (N-methyl/N-ethyl adjacent to an activating group) is 1. The average molecular weight is 454 g/mol. The highest BCUT2D eigenvalue weighted by Crippen LogP contribution is 2.18. The molecule has 0 bridgehead atoms. The molecule has 8 nitrogen and oxygen atoms in total. The highest BCUT2D eigenvalue weighted by atomic mass is 32.2. The number of aromatic nitrogens is 2. The maximum atomic E-state index is 12.8. The first kappa shape index (κ1) is 22.3. The number of nitrogens with zero attached hydrogens (tertiary/aromatic N) is 4. The van der Waals surface area contributed by atoms with Crippen LogP contribution < -0.4 is 5.32 Å². The van der Waals surface area contributed by atoms with Crippen molar-refractivity contribution in [3.05, 3.63) is 65.0 Å². The molecule has 32 heavy (non-hydrogen) atoms. The molecule has 0 spiro atoms. The van der Waals surface area contributed by atoms with E-state index in [9.17, 15) is 13.2 Å². The van der Waals surface area contributed by atoms with E-state index in [1.165, 1.54) is 4.31 Å². The lowest BCUT2D eigenvalue weighted by Gasteiger charge is -2.31. The predicted molar refractivity (Wildman–Crippen MR) is 123 cm³/mol. The molecule has 0 saturated carbocycles. The highest BCUT2D eigenvalue weighted by Gasteiger charge is 2.27. The van der Waals surface area contributed by atoms with E-state index in [0.717, 1.165) is 35.6 Å². The number of aryl methyl sites for hydroxylation is 2. The molecule has 1 amide bonds. The number of piperazine rings is 1. The zero-order valence-electron chi connectivity index (χ0n) is 18.5. The van der Waals surface area contributed by atoms with E-state index in [1.807, 2.05) is 20.9 Å². The summed E-state index contributed by atoms with van der Waals surface area (Å²) in [4.78, 5) is 24.0. The van der Waals surface area contributed by atoms with E-state index in [4.69, 9.17) is 0 Å². The monoisotopic (exact) mass is 453 g/mol. The Balaban J connectivity index is 1.41. The summed E-state index contributed by atoms with van der Waals surface area (Å²) >= 11 is 0. The van der Waals surface area contributed by atoms with Crippen LogP contribution in [0.1, 0.15) is 27.3 Å². The summed E-state index contributed by atoms with van der Waals surface area (Å²) in [5.41, 5.74) is 4.46. The molecule has 0 radical (unpaired) electrons. The molecule has 1 saturated heterocycles. The Kier molecular flexibility index (Phi) is 6.23. The van der Waals surface area contributed by atoms with Gasteiger partial charge in [0, 0.05) is 38.3 Å². The van der Waals surface area contributed by atoms with E-state index in [0.29, 0.717) is 30.7 Å². The second-order valence-electron chi connectivity index (χ2n) is 8.13. The molecule has 9 heteroatoms. The molecule has 1 aliphatic rings. The van der Waals surface area contributed by atoms with Gasteiger partial charge < -0.3 is 10.2 Å². The van der Waals surface area contributed by atoms with E-state index in [-0.39, 0.29) is 10.8 Å². The Morgan fingerprint density at radius 2 is 1.56 bits per heavy atom. The molecule has 0 aliphatic carbocycles. The maximum absolute atomic E-state index is 12.8. The molecule has 1 aliphatic heterocycles. The van der Waals surface area contributed by atoms with Gasteiger partial charge in [-0.1, -0.05) is 12.1 Å². The van der Waals surface area contributed by atoms with Gasteiger partial charge in [-0.2, -0.15) is 4.31 Å². The van der Waals surface area contributed by atoms with Gasteiger partial charge >= 0.3 is 0 Å². The number of benzene rings is 2. The average Bonchev–Trinajstić information content (AvgIpc) is 2.78. The van der Waals surface area contributed by atoms with Gasteiger partial charge in [0.2, 0.25) is 10.0 Å². The number of rotatable bonds is 5. The number of fused-ring (bicyclic) bond motifs is 1. The van der Waals surface area contributed by atoms with Crippen LogP contribution in [0.5, 0.6) is 0 Å². The van der Waals surface area contributed by atoms with Crippen molar-refractivity contribution < 1.29 is 13.2 Å². The first-order chi connectivity index (χ1) is 15.2. The predicted octanol–water partition coefficient (Wildman–Crippen LogP) is 2.11. The van der Waals surface area contributed by atoms with E-state index in [2.05, 4.69) is 20.2 Å². The van der Waals surface area contributed by atoms with E-state index >= 15 is 0 Å². The maximum Gasteiger partial charge on any atom is 0.251 e. The molecule has 1 fully saturated rings. The smallest absolute Gasteiger partial charge is 0.251 e. The summed E-state index contributed by atoms with van der Waals surface area (Å²) in [5, 5.41) is 2.88. The Morgan fingerprint density at radius 1 is 0.938 bits per heavy atom. The minimum absolute atomic E-state index is 0.221. The van der Waals surface area contributed by atoms with Crippen LogP contribution >= 0.6 is 0 Å². The Bertz CT molecular complexity index is 1250. The van der Waals surface area contributed by atoms with Crippen LogP contribution in [0, 0.1) is 13.8 Å². The number of carbonyl (C=O) groups excluding carboxylic acids is 1. The van der Waals surface area contributed by atoms with Gasteiger partial charge in [-0.15, -0.1) is 0 Å². The van der Waals surface area contributed by atoms with Crippen LogP contribution in [0.4, 0.5) is 0 Å². The number of sulfonamides is 1. The number of carbonyl (C=O) groups is 1. The van der Waals surface area contributed by atoms with Gasteiger partial charge in [-0.25, -0.2) is 18.4 Å². The van der Waals surface area contributed by atoms with Crippen LogP contribution in [-0.4, -0.2) is 66.7 Å². The topological polar surface area (TPSA) is 95.5 Å². The molecule has 2 aromatic carbocycles. The highest BCUT2D eigenvalue weighted by molar-refractivity contribution is 7.89. The van der Waals surface area contributed by atoms with Crippen molar-refractivity contribution in [2.45, 2.75) is 25.3 Å². The molecule has 1 N–H and O–H groups in total. The van der Waals surface area contributed by atoms with Crippen molar-refractivity contribution in [3.63, 3.8) is 0 Å². The Hall–Kier alpha value is -2.88. The second-order valence-corrected chi connectivity index (χ2v) is 10.1. The van der Waals surface area contributed by atoms with Crippen molar-refractivity contribution in [3.8, 4) is 0 Å². The normalized spacial score (nSPS) is 15.7. The third kappa shape index (κ3) is 4.64. The fourth-order valence-electron chi connectivity index (χ4n) is 3.61. The van der Waals surface area contributed by atoms with Gasteiger partial charge in [0.25, 0.3) is 5.91 Å². The van der Waals surface area contributed by atoms with Crippen LogP contribution in [-0.2, 0) is 16.6 Å². The summed E-state index contributed by atoms with van der Waals surface area (Å²) in [7, 11) is -1.51.